The Balaban J connectivity index is 2.15. The molecule has 1 fully saturated rings. The molecule has 118 valence electrons. The molecule has 1 unspecified atom stereocenters. The largest absolute Gasteiger partial charge is 0.507 e. The lowest BCUT2D eigenvalue weighted by Crippen LogP contribution is -2.38. The van der Waals surface area contributed by atoms with E-state index in [0.717, 1.165) is 44.4 Å². The molecule has 1 aliphatic rings. The summed E-state index contributed by atoms with van der Waals surface area (Å²) in [6.45, 7) is 3.59. The lowest BCUT2D eigenvalue weighted by atomic mass is 9.97. The zero-order valence-corrected chi connectivity index (χ0v) is 12.3. The van der Waals surface area contributed by atoms with Gasteiger partial charge in [0.1, 0.15) is 5.75 Å². The van der Waals surface area contributed by atoms with Gasteiger partial charge in [-0.3, -0.25) is 4.90 Å². The van der Waals surface area contributed by atoms with Gasteiger partial charge in [0, 0.05) is 12.6 Å². The van der Waals surface area contributed by atoms with Gasteiger partial charge >= 0.3 is 6.18 Å². The summed E-state index contributed by atoms with van der Waals surface area (Å²) in [5, 5.41) is 9.38. The molecular formula is C16H22F3NO. The second-order valence-corrected chi connectivity index (χ2v) is 5.76. The van der Waals surface area contributed by atoms with E-state index in [1.807, 2.05) is 0 Å². The maximum atomic E-state index is 12.8. The summed E-state index contributed by atoms with van der Waals surface area (Å²) in [5.41, 5.74) is -0.327. The molecule has 0 spiro atoms. The van der Waals surface area contributed by atoms with Gasteiger partial charge in [-0.2, -0.15) is 13.2 Å². The number of hydrogen-bond donors (Lipinski definition) is 1. The molecule has 0 aliphatic carbocycles. The van der Waals surface area contributed by atoms with E-state index in [9.17, 15) is 18.3 Å². The molecule has 21 heavy (non-hydrogen) atoms. The Kier molecular flexibility index (Phi) is 5.14. The molecule has 0 bridgehead atoms. The first kappa shape index (κ1) is 16.1. The molecule has 1 aromatic rings. The number of piperidine rings is 1. The van der Waals surface area contributed by atoms with Gasteiger partial charge in [0.15, 0.2) is 0 Å². The maximum absolute atomic E-state index is 12.8. The van der Waals surface area contributed by atoms with Crippen molar-refractivity contribution in [3.05, 3.63) is 29.3 Å². The minimum absolute atomic E-state index is 0.465. The highest BCUT2D eigenvalue weighted by atomic mass is 19.4. The minimum Gasteiger partial charge on any atom is -0.507 e. The first-order valence-corrected chi connectivity index (χ1v) is 7.55. The summed E-state index contributed by atoms with van der Waals surface area (Å²) < 4.78 is 38.5. The van der Waals surface area contributed by atoms with Crippen molar-refractivity contribution in [2.24, 2.45) is 0 Å². The van der Waals surface area contributed by atoms with Crippen LogP contribution in [0.4, 0.5) is 13.2 Å². The topological polar surface area (TPSA) is 23.5 Å². The van der Waals surface area contributed by atoms with Crippen molar-refractivity contribution in [3.63, 3.8) is 0 Å². The van der Waals surface area contributed by atoms with E-state index >= 15 is 0 Å². The van der Waals surface area contributed by atoms with E-state index in [2.05, 4.69) is 11.8 Å². The van der Waals surface area contributed by atoms with E-state index in [-0.39, 0.29) is 0 Å². The fourth-order valence-electron chi connectivity index (χ4n) is 3.07. The molecule has 2 rings (SSSR count). The Labute approximate surface area is 123 Å². The number of alkyl halides is 3. The van der Waals surface area contributed by atoms with Gasteiger partial charge in [-0.05, 0) is 43.5 Å². The molecular weight excluding hydrogens is 279 g/mol. The zero-order valence-electron chi connectivity index (χ0n) is 12.3. The van der Waals surface area contributed by atoms with Crippen LogP contribution >= 0.6 is 0 Å². The average molecular weight is 301 g/mol. The molecule has 1 heterocycles. The second-order valence-electron chi connectivity index (χ2n) is 5.76. The van der Waals surface area contributed by atoms with Crippen molar-refractivity contribution in [2.75, 3.05) is 6.54 Å². The van der Waals surface area contributed by atoms with Gasteiger partial charge < -0.3 is 5.11 Å². The monoisotopic (exact) mass is 301 g/mol. The Hall–Kier alpha value is -1.23. The third-order valence-corrected chi connectivity index (χ3v) is 4.12. The normalized spacial score (nSPS) is 20.7. The number of likely N-dealkylation sites (tertiary alicyclic amines) is 1. The smallest absolute Gasteiger partial charge is 0.419 e. The molecule has 1 saturated heterocycles. The molecule has 1 aromatic carbocycles. The van der Waals surface area contributed by atoms with Crippen LogP contribution in [0.1, 0.15) is 50.2 Å². The molecule has 5 heteroatoms. The number of phenolic OH excluding ortho intramolecular Hbond substituents is 1. The Morgan fingerprint density at radius 2 is 2.05 bits per heavy atom. The van der Waals surface area contributed by atoms with E-state index in [1.165, 1.54) is 6.42 Å². The molecule has 1 atom stereocenters. The summed E-state index contributed by atoms with van der Waals surface area (Å²) >= 11 is 0. The Morgan fingerprint density at radius 1 is 1.29 bits per heavy atom. The molecule has 0 aromatic heterocycles. The Bertz CT molecular complexity index is 471. The van der Waals surface area contributed by atoms with Gasteiger partial charge in [-0.15, -0.1) is 0 Å². The quantitative estimate of drug-likeness (QED) is 0.881. The van der Waals surface area contributed by atoms with Crippen molar-refractivity contribution in [1.82, 2.24) is 4.90 Å². The first-order chi connectivity index (χ1) is 9.91. The number of phenols is 1. The average Bonchev–Trinajstić information content (AvgIpc) is 2.42. The summed E-state index contributed by atoms with van der Waals surface area (Å²) in [6.07, 6.45) is 1.09. The van der Waals surface area contributed by atoms with Crippen molar-refractivity contribution in [3.8, 4) is 5.75 Å². The number of benzene rings is 1. The van der Waals surface area contributed by atoms with Crippen LogP contribution in [-0.4, -0.2) is 22.6 Å². The Morgan fingerprint density at radius 3 is 2.71 bits per heavy atom. The van der Waals surface area contributed by atoms with Crippen LogP contribution in [0.25, 0.3) is 0 Å². The predicted octanol–water partition coefficient (Wildman–Crippen LogP) is 4.57. The van der Waals surface area contributed by atoms with Crippen molar-refractivity contribution < 1.29 is 18.3 Å². The van der Waals surface area contributed by atoms with Crippen LogP contribution in [-0.2, 0) is 12.7 Å². The van der Waals surface area contributed by atoms with Crippen LogP contribution in [0.2, 0.25) is 0 Å². The maximum Gasteiger partial charge on any atom is 0.419 e. The fourth-order valence-corrected chi connectivity index (χ4v) is 3.07. The number of halogens is 3. The second kappa shape index (κ2) is 6.69. The van der Waals surface area contributed by atoms with Crippen LogP contribution in [0.3, 0.4) is 0 Å². The minimum atomic E-state index is -4.51. The lowest BCUT2D eigenvalue weighted by Gasteiger charge is -2.35. The number of nitrogens with zero attached hydrogens (tertiary/aromatic N) is 1. The van der Waals surface area contributed by atoms with Crippen LogP contribution in [0, 0.1) is 0 Å². The van der Waals surface area contributed by atoms with E-state index in [0.29, 0.717) is 18.2 Å². The lowest BCUT2D eigenvalue weighted by molar-refractivity contribution is -0.138. The highest BCUT2D eigenvalue weighted by Crippen LogP contribution is 2.36. The van der Waals surface area contributed by atoms with Gasteiger partial charge in [-0.25, -0.2) is 0 Å². The molecule has 0 amide bonds. The molecule has 1 aliphatic heterocycles. The van der Waals surface area contributed by atoms with Crippen LogP contribution < -0.4 is 0 Å². The summed E-state index contributed by atoms with van der Waals surface area (Å²) in [6, 6.07) is 4.28. The SMILES string of the molecule is CCCC1CCCCN1Cc1ccc(O)c(C(F)(F)F)c1. The predicted molar refractivity (Wildman–Crippen MR) is 76.1 cm³/mol. The zero-order chi connectivity index (χ0) is 15.5. The molecule has 1 N–H and O–H groups in total. The standard InChI is InChI=1S/C16H22F3NO/c1-2-5-13-6-3-4-9-20(13)11-12-7-8-15(21)14(10-12)16(17,18)19/h7-8,10,13,21H,2-6,9,11H2,1H3. The van der Waals surface area contributed by atoms with Crippen molar-refractivity contribution in [1.29, 1.82) is 0 Å². The van der Waals surface area contributed by atoms with E-state index in [1.54, 1.807) is 6.07 Å². The van der Waals surface area contributed by atoms with Crippen LogP contribution in [0.5, 0.6) is 5.75 Å². The molecule has 0 radical (unpaired) electrons. The highest BCUT2D eigenvalue weighted by molar-refractivity contribution is 5.38. The van der Waals surface area contributed by atoms with Gasteiger partial charge in [0.25, 0.3) is 0 Å². The van der Waals surface area contributed by atoms with Crippen molar-refractivity contribution in [2.45, 2.75) is 57.8 Å². The highest BCUT2D eigenvalue weighted by Gasteiger charge is 2.34. The number of rotatable bonds is 4. The summed E-state index contributed by atoms with van der Waals surface area (Å²) in [4.78, 5) is 2.28. The van der Waals surface area contributed by atoms with Crippen molar-refractivity contribution >= 4 is 0 Å². The van der Waals surface area contributed by atoms with Gasteiger partial charge in [0.05, 0.1) is 5.56 Å². The first-order valence-electron chi connectivity index (χ1n) is 7.55. The summed E-state index contributed by atoms with van der Waals surface area (Å²) in [5.74, 6) is -0.699. The van der Waals surface area contributed by atoms with E-state index < -0.39 is 17.5 Å². The number of aromatic hydroxyl groups is 1. The fraction of sp³-hybridized carbons (Fsp3) is 0.625. The third-order valence-electron chi connectivity index (χ3n) is 4.12. The summed E-state index contributed by atoms with van der Waals surface area (Å²) in [7, 11) is 0. The molecule has 0 saturated carbocycles. The molecule has 2 nitrogen and oxygen atoms in total. The number of hydrogen-bond acceptors (Lipinski definition) is 2. The van der Waals surface area contributed by atoms with Crippen LogP contribution in [0.15, 0.2) is 18.2 Å². The van der Waals surface area contributed by atoms with Gasteiger partial charge in [-0.1, -0.05) is 25.8 Å². The van der Waals surface area contributed by atoms with Gasteiger partial charge in [0.2, 0.25) is 0 Å². The third kappa shape index (κ3) is 4.13. The van der Waals surface area contributed by atoms with E-state index in [4.69, 9.17) is 0 Å².